The lowest BCUT2D eigenvalue weighted by atomic mass is 10.0. The molecule has 8 nitrogen and oxygen atoms in total. The zero-order valence-electron chi connectivity index (χ0n) is 22.9. The molecule has 2 aromatic carbocycles. The molecule has 8 heteroatoms. The Morgan fingerprint density at radius 1 is 1.16 bits per heavy atom. The SMILES string of the molecule is CC[C@H](c1nnnn1C[C@@H]1CCCO1)N(CCc1cccc(C)c1)Cc1cc2cc(C)cc(C)c2[nH]c1=O. The van der Waals surface area contributed by atoms with Crippen molar-refractivity contribution in [3.8, 4) is 0 Å². The maximum atomic E-state index is 13.3. The van der Waals surface area contributed by atoms with Gasteiger partial charge in [-0.05, 0) is 85.5 Å². The van der Waals surface area contributed by atoms with Crippen LogP contribution in [-0.4, -0.2) is 49.3 Å². The van der Waals surface area contributed by atoms with Crippen LogP contribution < -0.4 is 5.56 Å². The van der Waals surface area contributed by atoms with E-state index in [1.54, 1.807) is 0 Å². The lowest BCUT2D eigenvalue weighted by Crippen LogP contribution is -2.34. The van der Waals surface area contributed by atoms with Crippen LogP contribution in [0.4, 0.5) is 0 Å². The summed E-state index contributed by atoms with van der Waals surface area (Å²) < 4.78 is 7.77. The van der Waals surface area contributed by atoms with Gasteiger partial charge in [0.25, 0.3) is 5.56 Å². The smallest absolute Gasteiger partial charge is 0.252 e. The number of nitrogens with zero attached hydrogens (tertiary/aromatic N) is 5. The van der Waals surface area contributed by atoms with Gasteiger partial charge in [-0.15, -0.1) is 5.10 Å². The highest BCUT2D eigenvalue weighted by Gasteiger charge is 2.27. The van der Waals surface area contributed by atoms with Crippen LogP contribution in [0.25, 0.3) is 10.9 Å². The molecule has 1 aliphatic heterocycles. The minimum Gasteiger partial charge on any atom is -0.376 e. The normalized spacial score (nSPS) is 16.5. The van der Waals surface area contributed by atoms with E-state index in [0.717, 1.165) is 66.7 Å². The summed E-state index contributed by atoms with van der Waals surface area (Å²) in [6, 6.07) is 14.9. The van der Waals surface area contributed by atoms with E-state index >= 15 is 0 Å². The van der Waals surface area contributed by atoms with Crippen LogP contribution in [0.2, 0.25) is 0 Å². The van der Waals surface area contributed by atoms with E-state index in [1.165, 1.54) is 16.7 Å². The summed E-state index contributed by atoms with van der Waals surface area (Å²) in [6.45, 7) is 11.1. The molecule has 0 radical (unpaired) electrons. The number of ether oxygens (including phenoxy) is 1. The Hall–Kier alpha value is -3.36. The first-order valence-electron chi connectivity index (χ1n) is 13.7. The van der Waals surface area contributed by atoms with E-state index in [4.69, 9.17) is 4.74 Å². The number of H-pyrrole nitrogens is 1. The van der Waals surface area contributed by atoms with Crippen LogP contribution in [0.1, 0.15) is 65.9 Å². The third-order valence-corrected chi connectivity index (χ3v) is 7.60. The lowest BCUT2D eigenvalue weighted by Gasteiger charge is -2.30. The number of aryl methyl sites for hydroxylation is 3. The first-order chi connectivity index (χ1) is 18.4. The van der Waals surface area contributed by atoms with Crippen molar-refractivity contribution in [3.63, 3.8) is 0 Å². The Bertz CT molecular complexity index is 1450. The fourth-order valence-electron chi connectivity index (χ4n) is 5.72. The highest BCUT2D eigenvalue weighted by molar-refractivity contribution is 5.82. The lowest BCUT2D eigenvalue weighted by molar-refractivity contribution is 0.0893. The first-order valence-corrected chi connectivity index (χ1v) is 13.7. The molecule has 4 aromatic rings. The molecule has 1 fully saturated rings. The number of nitrogens with one attached hydrogen (secondary N) is 1. The van der Waals surface area contributed by atoms with Crippen molar-refractivity contribution in [2.75, 3.05) is 13.2 Å². The van der Waals surface area contributed by atoms with Gasteiger partial charge in [0.15, 0.2) is 5.82 Å². The topological polar surface area (TPSA) is 88.9 Å². The van der Waals surface area contributed by atoms with Crippen LogP contribution >= 0.6 is 0 Å². The van der Waals surface area contributed by atoms with Gasteiger partial charge < -0.3 is 9.72 Å². The molecule has 1 N–H and O–H groups in total. The molecule has 0 aliphatic carbocycles. The molecule has 0 unspecified atom stereocenters. The zero-order chi connectivity index (χ0) is 26.6. The van der Waals surface area contributed by atoms with Gasteiger partial charge in [0.2, 0.25) is 0 Å². The van der Waals surface area contributed by atoms with Crippen LogP contribution in [0.3, 0.4) is 0 Å². The Morgan fingerprint density at radius 2 is 2.03 bits per heavy atom. The number of pyridine rings is 1. The van der Waals surface area contributed by atoms with Gasteiger partial charge in [-0.25, -0.2) is 4.68 Å². The van der Waals surface area contributed by atoms with Crippen LogP contribution in [0.15, 0.2) is 47.3 Å². The Morgan fingerprint density at radius 3 is 2.79 bits per heavy atom. The van der Waals surface area contributed by atoms with Gasteiger partial charge >= 0.3 is 0 Å². The third-order valence-electron chi connectivity index (χ3n) is 7.60. The van der Waals surface area contributed by atoms with Gasteiger partial charge in [-0.3, -0.25) is 9.69 Å². The molecule has 0 bridgehead atoms. The number of aromatic amines is 1. The van der Waals surface area contributed by atoms with Crippen molar-refractivity contribution in [1.82, 2.24) is 30.1 Å². The molecular weight excluding hydrogens is 476 g/mol. The summed E-state index contributed by atoms with van der Waals surface area (Å²) >= 11 is 0. The summed E-state index contributed by atoms with van der Waals surface area (Å²) in [6.07, 6.45) is 3.94. The molecule has 2 aromatic heterocycles. The number of fused-ring (bicyclic) bond motifs is 1. The van der Waals surface area contributed by atoms with Crippen LogP contribution in [-0.2, 0) is 24.2 Å². The van der Waals surface area contributed by atoms with Crippen molar-refractivity contribution in [1.29, 1.82) is 0 Å². The Labute approximate surface area is 224 Å². The average Bonchev–Trinajstić information content (AvgIpc) is 3.57. The zero-order valence-corrected chi connectivity index (χ0v) is 22.9. The van der Waals surface area contributed by atoms with Gasteiger partial charge in [0.1, 0.15) is 0 Å². The number of aromatic nitrogens is 5. The van der Waals surface area contributed by atoms with E-state index in [-0.39, 0.29) is 17.7 Å². The molecule has 3 heterocycles. The highest BCUT2D eigenvalue weighted by Crippen LogP contribution is 2.26. The molecule has 0 saturated carbocycles. The van der Waals surface area contributed by atoms with E-state index < -0.39 is 0 Å². The molecular formula is C30H38N6O2. The molecule has 5 rings (SSSR count). The second-order valence-electron chi connectivity index (χ2n) is 10.7. The predicted molar refractivity (Wildman–Crippen MR) is 149 cm³/mol. The number of tetrazole rings is 1. The maximum Gasteiger partial charge on any atom is 0.252 e. The van der Waals surface area contributed by atoms with Crippen LogP contribution in [0, 0.1) is 20.8 Å². The minimum atomic E-state index is -0.0428. The van der Waals surface area contributed by atoms with Gasteiger partial charge in [0, 0.05) is 25.3 Å². The molecule has 0 amide bonds. The fourth-order valence-corrected chi connectivity index (χ4v) is 5.72. The van der Waals surface area contributed by atoms with Gasteiger partial charge in [-0.1, -0.05) is 48.4 Å². The monoisotopic (exact) mass is 514 g/mol. The largest absolute Gasteiger partial charge is 0.376 e. The number of rotatable bonds is 10. The fraction of sp³-hybridized carbons (Fsp3) is 0.467. The van der Waals surface area contributed by atoms with E-state index in [0.29, 0.717) is 13.1 Å². The number of hydrogen-bond acceptors (Lipinski definition) is 6. The summed E-state index contributed by atoms with van der Waals surface area (Å²) in [7, 11) is 0. The molecule has 0 spiro atoms. The van der Waals surface area contributed by atoms with E-state index in [9.17, 15) is 4.79 Å². The second-order valence-corrected chi connectivity index (χ2v) is 10.7. The standard InChI is InChI=1S/C30H38N6O2/c1-5-27(29-32-33-34-36(29)19-26-10-7-13-38-26)35(12-11-23-9-6-8-20(2)15-23)18-25-17-24-16-21(3)14-22(4)28(24)31-30(25)37/h6,8-9,14-17,26-27H,5,7,10-13,18-19H2,1-4H3,(H,31,37)/t26-,27+/m0/s1. The van der Waals surface area contributed by atoms with Gasteiger partial charge in [-0.2, -0.15) is 0 Å². The summed E-state index contributed by atoms with van der Waals surface area (Å²) in [5.74, 6) is 0.830. The summed E-state index contributed by atoms with van der Waals surface area (Å²) in [4.78, 5) is 18.8. The van der Waals surface area contributed by atoms with Crippen LogP contribution in [0.5, 0.6) is 0 Å². The maximum absolute atomic E-state index is 13.3. The summed E-state index contributed by atoms with van der Waals surface area (Å²) in [5, 5.41) is 13.9. The van der Waals surface area contributed by atoms with Crippen molar-refractivity contribution < 1.29 is 4.74 Å². The number of benzene rings is 2. The molecule has 38 heavy (non-hydrogen) atoms. The second kappa shape index (κ2) is 11.6. The quantitative estimate of drug-likeness (QED) is 0.327. The Balaban J connectivity index is 1.48. The minimum absolute atomic E-state index is 0.0365. The Kier molecular flexibility index (Phi) is 8.00. The highest BCUT2D eigenvalue weighted by atomic mass is 16.5. The molecule has 200 valence electrons. The van der Waals surface area contributed by atoms with Crippen molar-refractivity contribution in [3.05, 3.63) is 86.5 Å². The summed E-state index contributed by atoms with van der Waals surface area (Å²) in [5.41, 5.74) is 6.41. The first kappa shape index (κ1) is 26.3. The van der Waals surface area contributed by atoms with Gasteiger partial charge in [0.05, 0.1) is 24.2 Å². The third kappa shape index (κ3) is 5.87. The van der Waals surface area contributed by atoms with Crippen molar-refractivity contribution >= 4 is 10.9 Å². The predicted octanol–water partition coefficient (Wildman–Crippen LogP) is 4.81. The average molecular weight is 515 g/mol. The molecule has 1 aliphatic rings. The number of hydrogen-bond donors (Lipinski definition) is 1. The van der Waals surface area contributed by atoms with E-state index in [1.807, 2.05) is 11.6 Å². The van der Waals surface area contributed by atoms with E-state index in [2.05, 4.69) is 88.6 Å². The molecule has 2 atom stereocenters. The van der Waals surface area contributed by atoms with Crippen molar-refractivity contribution in [2.24, 2.45) is 0 Å². The molecule has 1 saturated heterocycles. The van der Waals surface area contributed by atoms with Crippen molar-refractivity contribution in [2.45, 2.75) is 78.6 Å².